The van der Waals surface area contributed by atoms with Crippen LogP contribution in [0.1, 0.15) is 26.3 Å². The van der Waals surface area contributed by atoms with Crippen LogP contribution < -0.4 is 5.32 Å². The predicted octanol–water partition coefficient (Wildman–Crippen LogP) is 3.39. The van der Waals surface area contributed by atoms with Crippen molar-refractivity contribution in [1.82, 2.24) is 10.2 Å². The fourth-order valence-electron chi connectivity index (χ4n) is 1.40. The van der Waals surface area contributed by atoms with E-state index in [4.69, 9.17) is 0 Å². The number of hydrogen-bond donors (Lipinski definition) is 1. The molecule has 1 aromatic rings. The normalized spacial score (nSPS) is 11.6. The molecular formula is C15H22N2O. The smallest absolute Gasteiger partial charge is 0.321 e. The van der Waals surface area contributed by atoms with E-state index in [-0.39, 0.29) is 11.4 Å². The van der Waals surface area contributed by atoms with Crippen molar-refractivity contribution >= 4 is 6.03 Å². The Morgan fingerprint density at radius 1 is 1.28 bits per heavy atom. The SMILES string of the molecule is CN(Cc1ccccc1)C(=O)N/C=C/C(C)(C)C. The van der Waals surface area contributed by atoms with Gasteiger partial charge in [-0.3, -0.25) is 0 Å². The van der Waals surface area contributed by atoms with Gasteiger partial charge in [0.2, 0.25) is 0 Å². The maximum Gasteiger partial charge on any atom is 0.321 e. The van der Waals surface area contributed by atoms with Crippen LogP contribution in [0.25, 0.3) is 0 Å². The molecule has 0 bridgehead atoms. The van der Waals surface area contributed by atoms with Crippen LogP contribution in [0.15, 0.2) is 42.6 Å². The van der Waals surface area contributed by atoms with Gasteiger partial charge in [0.25, 0.3) is 0 Å². The Bertz CT molecular complexity index is 404. The van der Waals surface area contributed by atoms with E-state index in [2.05, 4.69) is 26.1 Å². The monoisotopic (exact) mass is 246 g/mol. The summed E-state index contributed by atoms with van der Waals surface area (Å²) in [5, 5.41) is 2.77. The highest BCUT2D eigenvalue weighted by molar-refractivity contribution is 5.74. The summed E-state index contributed by atoms with van der Waals surface area (Å²) in [5.74, 6) is 0. The van der Waals surface area contributed by atoms with Crippen molar-refractivity contribution < 1.29 is 4.79 Å². The molecule has 0 aliphatic carbocycles. The molecule has 3 nitrogen and oxygen atoms in total. The molecule has 18 heavy (non-hydrogen) atoms. The molecule has 1 rings (SSSR count). The van der Waals surface area contributed by atoms with E-state index < -0.39 is 0 Å². The lowest BCUT2D eigenvalue weighted by Gasteiger charge is -2.17. The molecule has 3 heteroatoms. The third kappa shape index (κ3) is 5.53. The molecule has 0 unspecified atom stereocenters. The van der Waals surface area contributed by atoms with Gasteiger partial charge in [-0.1, -0.05) is 57.2 Å². The van der Waals surface area contributed by atoms with E-state index in [1.165, 1.54) is 0 Å². The molecular weight excluding hydrogens is 224 g/mol. The molecule has 0 aromatic heterocycles. The third-order valence-corrected chi connectivity index (χ3v) is 2.40. The van der Waals surface area contributed by atoms with Crippen LogP contribution in [-0.2, 0) is 6.54 Å². The number of carbonyl (C=O) groups is 1. The molecule has 0 heterocycles. The van der Waals surface area contributed by atoms with Crippen LogP contribution in [0.3, 0.4) is 0 Å². The van der Waals surface area contributed by atoms with Gasteiger partial charge in [0.1, 0.15) is 0 Å². The summed E-state index contributed by atoms with van der Waals surface area (Å²) in [6, 6.07) is 9.83. The zero-order chi connectivity index (χ0) is 13.6. The highest BCUT2D eigenvalue weighted by Crippen LogP contribution is 2.13. The number of hydrogen-bond acceptors (Lipinski definition) is 1. The lowest BCUT2D eigenvalue weighted by atomic mass is 9.97. The fraction of sp³-hybridized carbons (Fsp3) is 0.400. The first-order valence-electron chi connectivity index (χ1n) is 6.12. The first-order chi connectivity index (χ1) is 8.38. The van der Waals surface area contributed by atoms with E-state index in [9.17, 15) is 4.79 Å². The number of rotatable bonds is 3. The lowest BCUT2D eigenvalue weighted by Crippen LogP contribution is -2.34. The van der Waals surface area contributed by atoms with E-state index in [0.717, 1.165) is 5.56 Å². The largest absolute Gasteiger partial charge is 0.323 e. The molecule has 0 atom stereocenters. The van der Waals surface area contributed by atoms with Gasteiger partial charge in [-0.05, 0) is 11.0 Å². The summed E-state index contributed by atoms with van der Waals surface area (Å²) in [7, 11) is 1.78. The maximum atomic E-state index is 11.8. The zero-order valence-corrected chi connectivity index (χ0v) is 11.6. The van der Waals surface area contributed by atoms with E-state index in [1.54, 1.807) is 18.1 Å². The molecule has 2 amide bonds. The number of nitrogens with one attached hydrogen (secondary N) is 1. The van der Waals surface area contributed by atoms with Crippen molar-refractivity contribution in [3.05, 3.63) is 48.2 Å². The van der Waals surface area contributed by atoms with Gasteiger partial charge in [0.05, 0.1) is 0 Å². The molecule has 0 spiro atoms. The van der Waals surface area contributed by atoms with E-state index >= 15 is 0 Å². The quantitative estimate of drug-likeness (QED) is 0.871. The Kier molecular flexibility index (Phi) is 4.95. The summed E-state index contributed by atoms with van der Waals surface area (Å²) < 4.78 is 0. The van der Waals surface area contributed by atoms with Gasteiger partial charge < -0.3 is 10.2 Å². The van der Waals surface area contributed by atoms with Gasteiger partial charge in [0, 0.05) is 19.8 Å². The second-order valence-corrected chi connectivity index (χ2v) is 5.49. The summed E-state index contributed by atoms with van der Waals surface area (Å²) in [6.45, 7) is 6.87. The predicted molar refractivity (Wildman–Crippen MR) is 75.0 cm³/mol. The molecule has 0 radical (unpaired) electrons. The molecule has 1 aromatic carbocycles. The number of urea groups is 1. The van der Waals surface area contributed by atoms with Crippen molar-refractivity contribution in [2.24, 2.45) is 5.41 Å². The molecule has 98 valence electrons. The van der Waals surface area contributed by atoms with Crippen molar-refractivity contribution in [2.75, 3.05) is 7.05 Å². The second kappa shape index (κ2) is 6.24. The topological polar surface area (TPSA) is 32.3 Å². The minimum Gasteiger partial charge on any atom is -0.323 e. The van der Waals surface area contributed by atoms with Crippen molar-refractivity contribution in [1.29, 1.82) is 0 Å². The number of benzene rings is 1. The van der Waals surface area contributed by atoms with Gasteiger partial charge in [-0.2, -0.15) is 0 Å². The molecule has 0 aliphatic rings. The molecule has 0 saturated heterocycles. The standard InChI is InChI=1S/C15H22N2O/c1-15(2,3)10-11-16-14(18)17(4)12-13-8-6-5-7-9-13/h5-11H,12H2,1-4H3,(H,16,18)/b11-10+. The maximum absolute atomic E-state index is 11.8. The first-order valence-corrected chi connectivity index (χ1v) is 6.12. The average Bonchev–Trinajstić information content (AvgIpc) is 2.28. The summed E-state index contributed by atoms with van der Waals surface area (Å²) in [4.78, 5) is 13.5. The van der Waals surface area contributed by atoms with Crippen LogP contribution in [-0.4, -0.2) is 18.0 Å². The number of nitrogens with zero attached hydrogens (tertiary/aromatic N) is 1. The van der Waals surface area contributed by atoms with Gasteiger partial charge in [-0.15, -0.1) is 0 Å². The Labute approximate surface area is 109 Å². The van der Waals surface area contributed by atoms with Crippen LogP contribution in [0.2, 0.25) is 0 Å². The summed E-state index contributed by atoms with van der Waals surface area (Å²) in [5.41, 5.74) is 1.20. The Hall–Kier alpha value is -1.77. The van der Waals surface area contributed by atoms with Crippen molar-refractivity contribution in [3.63, 3.8) is 0 Å². The van der Waals surface area contributed by atoms with Crippen molar-refractivity contribution in [2.45, 2.75) is 27.3 Å². The second-order valence-electron chi connectivity index (χ2n) is 5.49. The highest BCUT2D eigenvalue weighted by Gasteiger charge is 2.08. The summed E-state index contributed by atoms with van der Waals surface area (Å²) in [6.07, 6.45) is 3.69. The minimum absolute atomic E-state index is 0.0747. The first kappa shape index (κ1) is 14.3. The van der Waals surface area contributed by atoms with Crippen LogP contribution in [0.4, 0.5) is 4.79 Å². The average molecular weight is 246 g/mol. The number of allylic oxidation sites excluding steroid dienone is 1. The lowest BCUT2D eigenvalue weighted by molar-refractivity contribution is 0.210. The number of amides is 2. The van der Waals surface area contributed by atoms with Crippen molar-refractivity contribution in [3.8, 4) is 0 Å². The Morgan fingerprint density at radius 2 is 1.89 bits per heavy atom. The van der Waals surface area contributed by atoms with Crippen LogP contribution in [0, 0.1) is 5.41 Å². The van der Waals surface area contributed by atoms with Crippen LogP contribution >= 0.6 is 0 Å². The van der Waals surface area contributed by atoms with Gasteiger partial charge in [-0.25, -0.2) is 4.79 Å². The minimum atomic E-state index is -0.0978. The fourth-order valence-corrected chi connectivity index (χ4v) is 1.40. The molecule has 1 N–H and O–H groups in total. The Morgan fingerprint density at radius 3 is 2.44 bits per heavy atom. The van der Waals surface area contributed by atoms with Crippen LogP contribution in [0.5, 0.6) is 0 Å². The Balaban J connectivity index is 2.45. The van der Waals surface area contributed by atoms with E-state index in [0.29, 0.717) is 6.54 Å². The third-order valence-electron chi connectivity index (χ3n) is 2.40. The highest BCUT2D eigenvalue weighted by atomic mass is 16.2. The van der Waals surface area contributed by atoms with Gasteiger partial charge >= 0.3 is 6.03 Å². The summed E-state index contributed by atoms with van der Waals surface area (Å²) >= 11 is 0. The molecule has 0 aliphatic heterocycles. The molecule has 0 saturated carbocycles. The number of carbonyl (C=O) groups excluding carboxylic acids is 1. The molecule has 0 fully saturated rings. The van der Waals surface area contributed by atoms with E-state index in [1.807, 2.05) is 36.4 Å². The zero-order valence-electron chi connectivity index (χ0n) is 11.6. The van der Waals surface area contributed by atoms with Gasteiger partial charge in [0.15, 0.2) is 0 Å².